The second kappa shape index (κ2) is 5.93. The lowest BCUT2D eigenvalue weighted by molar-refractivity contribution is -0.123. The van der Waals surface area contributed by atoms with Crippen LogP contribution in [0.2, 0.25) is 0 Å². The first kappa shape index (κ1) is 18.0. The van der Waals surface area contributed by atoms with Crippen LogP contribution in [0.3, 0.4) is 0 Å². The van der Waals surface area contributed by atoms with Gasteiger partial charge in [-0.2, -0.15) is 5.10 Å². The molecule has 0 bridgehead atoms. The van der Waals surface area contributed by atoms with Gasteiger partial charge in [-0.25, -0.2) is 0 Å². The SMILES string of the molecule is Cc1nn(C(C)C)c(C)c1CC(=O)NC1CC(C)(C)OC1(C)C. The Balaban J connectivity index is 2.09. The molecule has 1 amide bonds. The van der Waals surface area contributed by atoms with Gasteiger partial charge < -0.3 is 10.1 Å². The Morgan fingerprint density at radius 1 is 1.35 bits per heavy atom. The van der Waals surface area contributed by atoms with Crippen molar-refractivity contribution in [2.75, 3.05) is 0 Å². The Kier molecular flexibility index (Phi) is 4.64. The third-order valence-corrected chi connectivity index (χ3v) is 4.71. The summed E-state index contributed by atoms with van der Waals surface area (Å²) in [6.45, 7) is 16.4. The first-order valence-corrected chi connectivity index (χ1v) is 8.47. The van der Waals surface area contributed by atoms with Crippen molar-refractivity contribution in [3.63, 3.8) is 0 Å². The predicted octanol–water partition coefficient (Wildman–Crippen LogP) is 3.09. The fraction of sp³-hybridized carbons (Fsp3) is 0.778. The number of carbonyl (C=O) groups excluding carboxylic acids is 1. The Labute approximate surface area is 139 Å². The van der Waals surface area contributed by atoms with Crippen molar-refractivity contribution in [2.24, 2.45) is 0 Å². The summed E-state index contributed by atoms with van der Waals surface area (Å²) in [5.41, 5.74) is 2.51. The fourth-order valence-electron chi connectivity index (χ4n) is 3.65. The van der Waals surface area contributed by atoms with E-state index < -0.39 is 0 Å². The Bertz CT molecular complexity index is 600. The van der Waals surface area contributed by atoms with Crippen LogP contribution in [-0.4, -0.2) is 32.9 Å². The largest absolute Gasteiger partial charge is 0.367 e. The lowest BCUT2D eigenvalue weighted by Crippen LogP contribution is -2.46. The molecule has 1 atom stereocenters. The number of hydrogen-bond donors (Lipinski definition) is 1. The van der Waals surface area contributed by atoms with Crippen LogP contribution >= 0.6 is 0 Å². The predicted molar refractivity (Wildman–Crippen MR) is 91.6 cm³/mol. The van der Waals surface area contributed by atoms with Crippen LogP contribution in [0.15, 0.2) is 0 Å². The number of hydrogen-bond acceptors (Lipinski definition) is 3. The molecule has 1 fully saturated rings. The summed E-state index contributed by atoms with van der Waals surface area (Å²) < 4.78 is 8.04. The maximum absolute atomic E-state index is 12.5. The minimum Gasteiger partial charge on any atom is -0.367 e. The lowest BCUT2D eigenvalue weighted by atomic mass is 9.94. The molecule has 2 heterocycles. The van der Waals surface area contributed by atoms with E-state index in [1.54, 1.807) is 0 Å². The molecule has 130 valence electrons. The zero-order chi connectivity index (χ0) is 17.6. The van der Waals surface area contributed by atoms with E-state index in [1.165, 1.54) is 0 Å². The van der Waals surface area contributed by atoms with Gasteiger partial charge in [-0.1, -0.05) is 0 Å². The van der Waals surface area contributed by atoms with Gasteiger partial charge >= 0.3 is 0 Å². The van der Waals surface area contributed by atoms with Gasteiger partial charge in [-0.3, -0.25) is 9.48 Å². The zero-order valence-corrected chi connectivity index (χ0v) is 15.8. The Morgan fingerprint density at radius 2 is 1.96 bits per heavy atom. The highest BCUT2D eigenvalue weighted by molar-refractivity contribution is 5.79. The van der Waals surface area contributed by atoms with E-state index in [9.17, 15) is 4.79 Å². The number of carbonyl (C=O) groups is 1. The maximum atomic E-state index is 12.5. The molecule has 1 aliphatic rings. The van der Waals surface area contributed by atoms with Gasteiger partial charge in [0, 0.05) is 17.3 Å². The smallest absolute Gasteiger partial charge is 0.224 e. The molecule has 0 saturated carbocycles. The standard InChI is InChI=1S/C18H31N3O2/c1-11(2)21-13(4)14(12(3)20-21)9-16(22)19-15-10-17(5,6)23-18(15,7)8/h11,15H,9-10H2,1-8H3,(H,19,22). The molecule has 0 aliphatic carbocycles. The van der Waals surface area contributed by atoms with E-state index in [0.29, 0.717) is 12.5 Å². The number of amides is 1. The molecule has 5 heteroatoms. The summed E-state index contributed by atoms with van der Waals surface area (Å²) in [5.74, 6) is 0.0406. The third kappa shape index (κ3) is 3.77. The van der Waals surface area contributed by atoms with E-state index >= 15 is 0 Å². The Morgan fingerprint density at radius 3 is 2.39 bits per heavy atom. The molecule has 23 heavy (non-hydrogen) atoms. The molecule has 0 radical (unpaired) electrons. The van der Waals surface area contributed by atoms with Gasteiger partial charge in [-0.05, 0) is 61.8 Å². The van der Waals surface area contributed by atoms with Crippen molar-refractivity contribution in [3.8, 4) is 0 Å². The molecule has 1 aliphatic heterocycles. The molecule has 1 aromatic rings. The molecule has 2 rings (SSSR count). The number of aromatic nitrogens is 2. The van der Waals surface area contributed by atoms with Gasteiger partial charge in [0.15, 0.2) is 0 Å². The fourth-order valence-corrected chi connectivity index (χ4v) is 3.65. The van der Waals surface area contributed by atoms with Crippen LogP contribution in [-0.2, 0) is 16.0 Å². The van der Waals surface area contributed by atoms with Crippen LogP contribution in [0.5, 0.6) is 0 Å². The van der Waals surface area contributed by atoms with E-state index in [4.69, 9.17) is 4.74 Å². The topological polar surface area (TPSA) is 56.2 Å². The van der Waals surface area contributed by atoms with Crippen LogP contribution in [0.4, 0.5) is 0 Å². The molecular formula is C18H31N3O2. The second-order valence-electron chi connectivity index (χ2n) is 8.15. The average molecular weight is 321 g/mol. The van der Waals surface area contributed by atoms with Crippen LogP contribution in [0, 0.1) is 13.8 Å². The van der Waals surface area contributed by atoms with Crippen molar-refractivity contribution in [1.29, 1.82) is 0 Å². The molecule has 1 unspecified atom stereocenters. The van der Waals surface area contributed by atoms with E-state index in [-0.39, 0.29) is 23.2 Å². The number of aryl methyl sites for hydroxylation is 1. The number of nitrogens with zero attached hydrogens (tertiary/aromatic N) is 2. The quantitative estimate of drug-likeness (QED) is 0.927. The minimum atomic E-state index is -0.342. The molecule has 1 saturated heterocycles. The average Bonchev–Trinajstić information content (AvgIpc) is 2.75. The van der Waals surface area contributed by atoms with Crippen molar-refractivity contribution in [2.45, 2.75) is 91.5 Å². The third-order valence-electron chi connectivity index (χ3n) is 4.71. The summed E-state index contributed by atoms with van der Waals surface area (Å²) in [6, 6.07) is 0.333. The number of nitrogens with one attached hydrogen (secondary N) is 1. The molecular weight excluding hydrogens is 290 g/mol. The van der Waals surface area contributed by atoms with Gasteiger partial charge in [0.1, 0.15) is 0 Å². The summed E-state index contributed by atoms with van der Waals surface area (Å²) in [6.07, 6.45) is 1.20. The summed E-state index contributed by atoms with van der Waals surface area (Å²) in [7, 11) is 0. The lowest BCUT2D eigenvalue weighted by Gasteiger charge is -2.27. The van der Waals surface area contributed by atoms with Crippen molar-refractivity contribution in [1.82, 2.24) is 15.1 Å². The molecule has 0 spiro atoms. The highest BCUT2D eigenvalue weighted by atomic mass is 16.5. The minimum absolute atomic E-state index is 0.0331. The highest BCUT2D eigenvalue weighted by Crippen LogP contribution is 2.37. The molecule has 5 nitrogen and oxygen atoms in total. The number of rotatable bonds is 4. The summed E-state index contributed by atoms with van der Waals surface area (Å²) >= 11 is 0. The monoisotopic (exact) mass is 321 g/mol. The van der Waals surface area contributed by atoms with Crippen molar-refractivity contribution < 1.29 is 9.53 Å². The first-order valence-electron chi connectivity index (χ1n) is 8.47. The van der Waals surface area contributed by atoms with E-state index in [0.717, 1.165) is 23.4 Å². The summed E-state index contributed by atoms with van der Waals surface area (Å²) in [4.78, 5) is 12.5. The summed E-state index contributed by atoms with van der Waals surface area (Å²) in [5, 5.41) is 7.72. The molecule has 1 aromatic heterocycles. The van der Waals surface area contributed by atoms with Crippen molar-refractivity contribution in [3.05, 3.63) is 17.0 Å². The second-order valence-corrected chi connectivity index (χ2v) is 8.15. The normalized spacial score (nSPS) is 22.6. The van der Waals surface area contributed by atoms with Gasteiger partial charge in [-0.15, -0.1) is 0 Å². The maximum Gasteiger partial charge on any atom is 0.224 e. The highest BCUT2D eigenvalue weighted by Gasteiger charge is 2.46. The van der Waals surface area contributed by atoms with Crippen molar-refractivity contribution >= 4 is 5.91 Å². The van der Waals surface area contributed by atoms with Gasteiger partial charge in [0.2, 0.25) is 5.91 Å². The number of ether oxygens (including phenoxy) is 1. The van der Waals surface area contributed by atoms with Gasteiger partial charge in [0.25, 0.3) is 0 Å². The Hall–Kier alpha value is -1.36. The van der Waals surface area contributed by atoms with Gasteiger partial charge in [0.05, 0.1) is 29.4 Å². The van der Waals surface area contributed by atoms with E-state index in [2.05, 4.69) is 38.1 Å². The van der Waals surface area contributed by atoms with Crippen LogP contribution < -0.4 is 5.32 Å². The van der Waals surface area contributed by atoms with E-state index in [1.807, 2.05) is 32.4 Å². The van der Waals surface area contributed by atoms with Crippen LogP contribution in [0.25, 0.3) is 0 Å². The van der Waals surface area contributed by atoms with Crippen LogP contribution in [0.1, 0.15) is 71.0 Å². The molecule has 1 N–H and O–H groups in total. The zero-order valence-electron chi connectivity index (χ0n) is 15.8. The molecule has 0 aromatic carbocycles. The first-order chi connectivity index (χ1) is 10.4.